The predicted molar refractivity (Wildman–Crippen MR) is 83.2 cm³/mol. The highest BCUT2D eigenvalue weighted by Gasteiger charge is 2.29. The largest absolute Gasteiger partial charge is 0.475 e. The van der Waals surface area contributed by atoms with Gasteiger partial charge in [0.25, 0.3) is 0 Å². The number of carbonyl (C=O) groups is 1. The van der Waals surface area contributed by atoms with Crippen LogP contribution in [0.1, 0.15) is 38.3 Å². The minimum atomic E-state index is -1.06. The number of aromatic nitrogens is 1. The molecule has 1 aromatic rings. The van der Waals surface area contributed by atoms with Crippen LogP contribution in [-0.4, -0.2) is 28.3 Å². The van der Waals surface area contributed by atoms with Crippen molar-refractivity contribution >= 4 is 17.7 Å². The van der Waals surface area contributed by atoms with Crippen LogP contribution in [0.5, 0.6) is 5.88 Å². The van der Waals surface area contributed by atoms with E-state index in [0.29, 0.717) is 23.2 Å². The molecule has 1 atom stereocenters. The van der Waals surface area contributed by atoms with Gasteiger partial charge in [0.05, 0.1) is 10.6 Å². The highest BCUT2D eigenvalue weighted by Crippen LogP contribution is 2.26. The molecule has 0 fully saturated rings. The fraction of sp³-hybridized carbons (Fsp3) is 0.600. The van der Waals surface area contributed by atoms with Crippen LogP contribution in [0.2, 0.25) is 5.02 Å². The Kier molecular flexibility index (Phi) is 5.84. The Balaban J connectivity index is 2.86. The van der Waals surface area contributed by atoms with Gasteiger partial charge in [-0.15, -0.1) is 0 Å². The summed E-state index contributed by atoms with van der Waals surface area (Å²) in [5.74, 6) is 0.825. The van der Waals surface area contributed by atoms with Crippen molar-refractivity contribution in [2.45, 2.75) is 46.6 Å². The molecule has 1 rings (SSSR count). The van der Waals surface area contributed by atoms with Gasteiger partial charge in [0.15, 0.2) is 0 Å². The molecule has 0 bridgehead atoms. The van der Waals surface area contributed by atoms with E-state index in [1.807, 2.05) is 34.6 Å². The van der Waals surface area contributed by atoms with Crippen molar-refractivity contribution in [3.63, 3.8) is 0 Å². The summed E-state index contributed by atoms with van der Waals surface area (Å²) in [6.07, 6.45) is 1.16. The van der Waals surface area contributed by atoms with E-state index >= 15 is 0 Å². The van der Waals surface area contributed by atoms with Crippen LogP contribution in [0.15, 0.2) is 6.20 Å². The fourth-order valence-corrected chi connectivity index (χ4v) is 2.52. The predicted octanol–water partition coefficient (Wildman–Crippen LogP) is 3.80. The van der Waals surface area contributed by atoms with Crippen molar-refractivity contribution in [1.82, 2.24) is 10.3 Å². The Hall–Kier alpha value is -1.49. The second-order valence-corrected chi connectivity index (χ2v) is 6.45. The lowest BCUT2D eigenvalue weighted by Gasteiger charge is -2.31. The number of amides is 1. The highest BCUT2D eigenvalue weighted by molar-refractivity contribution is 6.31. The zero-order valence-corrected chi connectivity index (χ0v) is 13.9. The van der Waals surface area contributed by atoms with Crippen LogP contribution in [0.25, 0.3) is 0 Å². The van der Waals surface area contributed by atoms with Gasteiger partial charge < -0.3 is 15.2 Å². The van der Waals surface area contributed by atoms with E-state index < -0.39 is 11.6 Å². The van der Waals surface area contributed by atoms with Gasteiger partial charge in [-0.05, 0) is 38.7 Å². The third-order valence-electron chi connectivity index (χ3n) is 3.33. The van der Waals surface area contributed by atoms with Crippen molar-refractivity contribution in [2.75, 3.05) is 6.61 Å². The molecule has 118 valence electrons. The first kappa shape index (κ1) is 17.6. The molecule has 0 saturated carbocycles. The van der Waals surface area contributed by atoms with E-state index in [0.717, 1.165) is 11.1 Å². The van der Waals surface area contributed by atoms with E-state index in [1.165, 1.54) is 0 Å². The summed E-state index contributed by atoms with van der Waals surface area (Å²) >= 11 is 6.01. The van der Waals surface area contributed by atoms with Crippen molar-refractivity contribution < 1.29 is 14.6 Å². The number of nitrogens with one attached hydrogen (secondary N) is 1. The molecule has 6 heteroatoms. The van der Waals surface area contributed by atoms with Crippen molar-refractivity contribution in [1.29, 1.82) is 0 Å². The molecule has 2 N–H and O–H groups in total. The standard InChI is InChI=1S/C15H23ClN2O3/c1-9(2)6-15(5,18-14(19)20)8-21-13-11(4)10(3)12(16)7-17-13/h7,9,18H,6,8H2,1-5H3,(H,19,20). The third-order valence-corrected chi connectivity index (χ3v) is 3.71. The van der Waals surface area contributed by atoms with Gasteiger partial charge in [-0.2, -0.15) is 0 Å². The zero-order valence-electron chi connectivity index (χ0n) is 13.2. The summed E-state index contributed by atoms with van der Waals surface area (Å²) in [5, 5.41) is 12.1. The molecule has 1 amide bonds. The lowest BCUT2D eigenvalue weighted by molar-refractivity contribution is 0.140. The second kappa shape index (κ2) is 6.98. The maximum Gasteiger partial charge on any atom is 0.405 e. The first-order valence-corrected chi connectivity index (χ1v) is 7.28. The average molecular weight is 315 g/mol. The molecule has 5 nitrogen and oxygen atoms in total. The minimum absolute atomic E-state index is 0.215. The highest BCUT2D eigenvalue weighted by atomic mass is 35.5. The molecule has 0 radical (unpaired) electrons. The molecular weight excluding hydrogens is 292 g/mol. The van der Waals surface area contributed by atoms with Gasteiger partial charge in [-0.3, -0.25) is 0 Å². The maximum atomic E-state index is 11.0. The molecule has 0 aliphatic heterocycles. The summed E-state index contributed by atoms with van der Waals surface area (Å²) in [7, 11) is 0. The van der Waals surface area contributed by atoms with Crippen LogP contribution in [0, 0.1) is 19.8 Å². The van der Waals surface area contributed by atoms with Crippen LogP contribution in [0.3, 0.4) is 0 Å². The Labute approximate surface area is 130 Å². The molecule has 21 heavy (non-hydrogen) atoms. The van der Waals surface area contributed by atoms with Crippen molar-refractivity contribution in [3.8, 4) is 5.88 Å². The number of rotatable bonds is 6. The Bertz CT molecular complexity index is 520. The van der Waals surface area contributed by atoms with E-state index in [-0.39, 0.29) is 6.61 Å². The Morgan fingerprint density at radius 3 is 2.62 bits per heavy atom. The number of hydrogen-bond donors (Lipinski definition) is 2. The van der Waals surface area contributed by atoms with E-state index in [9.17, 15) is 4.79 Å². The Morgan fingerprint density at radius 1 is 1.48 bits per heavy atom. The van der Waals surface area contributed by atoms with Gasteiger partial charge >= 0.3 is 6.09 Å². The van der Waals surface area contributed by atoms with Gasteiger partial charge in [0.1, 0.15) is 6.61 Å². The van der Waals surface area contributed by atoms with Gasteiger partial charge in [-0.25, -0.2) is 9.78 Å². The van der Waals surface area contributed by atoms with Gasteiger partial charge in [0.2, 0.25) is 5.88 Å². The molecule has 1 aromatic heterocycles. The third kappa shape index (κ3) is 5.08. The van der Waals surface area contributed by atoms with Crippen LogP contribution < -0.4 is 10.1 Å². The molecule has 1 unspecified atom stereocenters. The summed E-state index contributed by atoms with van der Waals surface area (Å²) in [6.45, 7) is 9.91. The topological polar surface area (TPSA) is 71.5 Å². The van der Waals surface area contributed by atoms with Gasteiger partial charge in [-0.1, -0.05) is 25.4 Å². The van der Waals surface area contributed by atoms with E-state index in [1.54, 1.807) is 6.20 Å². The number of pyridine rings is 1. The number of hydrogen-bond acceptors (Lipinski definition) is 3. The van der Waals surface area contributed by atoms with Crippen LogP contribution in [0.4, 0.5) is 4.79 Å². The van der Waals surface area contributed by atoms with Gasteiger partial charge in [0, 0.05) is 11.8 Å². The molecule has 1 heterocycles. The quantitative estimate of drug-likeness (QED) is 0.837. The van der Waals surface area contributed by atoms with Crippen LogP contribution >= 0.6 is 11.6 Å². The average Bonchev–Trinajstić information content (AvgIpc) is 2.33. The smallest absolute Gasteiger partial charge is 0.405 e. The fourth-order valence-electron chi connectivity index (χ4n) is 2.33. The first-order valence-electron chi connectivity index (χ1n) is 6.90. The number of carboxylic acid groups (broad SMARTS) is 1. The Morgan fingerprint density at radius 2 is 2.10 bits per heavy atom. The molecule has 0 saturated heterocycles. The number of ether oxygens (including phenoxy) is 1. The van der Waals surface area contributed by atoms with E-state index in [4.69, 9.17) is 21.4 Å². The summed E-state index contributed by atoms with van der Waals surface area (Å²) in [5.41, 5.74) is 1.12. The molecule has 0 aliphatic carbocycles. The summed E-state index contributed by atoms with van der Waals surface area (Å²) in [4.78, 5) is 15.1. The second-order valence-electron chi connectivity index (χ2n) is 6.04. The molecule has 0 spiro atoms. The number of halogens is 1. The van der Waals surface area contributed by atoms with E-state index in [2.05, 4.69) is 10.3 Å². The monoisotopic (exact) mass is 314 g/mol. The van der Waals surface area contributed by atoms with Crippen molar-refractivity contribution in [2.24, 2.45) is 5.92 Å². The zero-order chi connectivity index (χ0) is 16.2. The SMILES string of the molecule is Cc1c(Cl)cnc(OCC(C)(CC(C)C)NC(=O)O)c1C. The lowest BCUT2D eigenvalue weighted by Crippen LogP contribution is -2.50. The lowest BCUT2D eigenvalue weighted by atomic mass is 9.91. The summed E-state index contributed by atoms with van der Waals surface area (Å²) in [6, 6.07) is 0. The molecule has 0 aliphatic rings. The van der Waals surface area contributed by atoms with Crippen molar-refractivity contribution in [3.05, 3.63) is 22.3 Å². The maximum absolute atomic E-state index is 11.0. The normalized spacial score (nSPS) is 13.9. The van der Waals surface area contributed by atoms with Crippen LogP contribution in [-0.2, 0) is 0 Å². The molecular formula is C15H23ClN2O3. The molecule has 0 aromatic carbocycles. The first-order chi connectivity index (χ1) is 9.64. The summed E-state index contributed by atoms with van der Waals surface area (Å²) < 4.78 is 5.74. The minimum Gasteiger partial charge on any atom is -0.475 e. The number of nitrogens with zero attached hydrogens (tertiary/aromatic N) is 1.